The van der Waals surface area contributed by atoms with Crippen LogP contribution in [-0.4, -0.2) is 59.2 Å². The van der Waals surface area contributed by atoms with Gasteiger partial charge in [-0.3, -0.25) is 4.79 Å². The molecule has 0 unspecified atom stereocenters. The van der Waals surface area contributed by atoms with E-state index in [4.69, 9.17) is 9.47 Å². The Kier molecular flexibility index (Phi) is 5.95. The lowest BCUT2D eigenvalue weighted by atomic mass is 10.1. The smallest absolute Gasteiger partial charge is 0.359 e. The first kappa shape index (κ1) is 20.5. The van der Waals surface area contributed by atoms with Gasteiger partial charge in [0.05, 0.1) is 18.4 Å². The van der Waals surface area contributed by atoms with E-state index in [1.165, 1.54) is 14.0 Å². The third-order valence-electron chi connectivity index (χ3n) is 5.02. The van der Waals surface area contributed by atoms with E-state index in [2.05, 4.69) is 20.1 Å². The number of H-pyrrole nitrogens is 1. The number of hydrogen-bond donors (Lipinski definition) is 1. The van der Waals surface area contributed by atoms with E-state index < -0.39 is 23.8 Å². The first-order valence-corrected chi connectivity index (χ1v) is 9.44. The molecule has 9 nitrogen and oxygen atoms in total. The van der Waals surface area contributed by atoms with Crippen LogP contribution < -0.4 is 4.90 Å². The van der Waals surface area contributed by atoms with E-state index in [0.717, 1.165) is 31.7 Å². The Morgan fingerprint density at radius 3 is 2.38 bits per heavy atom. The number of methoxy groups -OCH3 is 1. The van der Waals surface area contributed by atoms with Gasteiger partial charge in [0.1, 0.15) is 0 Å². The average Bonchev–Trinajstić information content (AvgIpc) is 3.35. The van der Waals surface area contributed by atoms with Crippen molar-refractivity contribution in [2.45, 2.75) is 39.7 Å². The topological polar surface area (TPSA) is 114 Å². The lowest BCUT2D eigenvalue weighted by molar-refractivity contribution is 0.0310. The number of nitrogens with one attached hydrogen (secondary N) is 1. The summed E-state index contributed by atoms with van der Waals surface area (Å²) < 4.78 is 10.0. The number of aryl methyl sites for hydroxylation is 1. The summed E-state index contributed by atoms with van der Waals surface area (Å²) >= 11 is 0. The molecule has 0 radical (unpaired) electrons. The van der Waals surface area contributed by atoms with Gasteiger partial charge < -0.3 is 19.4 Å². The van der Waals surface area contributed by atoms with E-state index >= 15 is 0 Å². The monoisotopic (exact) mass is 400 g/mol. The molecule has 0 aromatic carbocycles. The predicted molar refractivity (Wildman–Crippen MR) is 104 cm³/mol. The average molecular weight is 400 g/mol. The molecule has 1 N–H and O–H groups in total. The van der Waals surface area contributed by atoms with Crippen molar-refractivity contribution in [3.63, 3.8) is 0 Å². The molecule has 2 aromatic heterocycles. The highest BCUT2D eigenvalue weighted by Gasteiger charge is 2.28. The van der Waals surface area contributed by atoms with Crippen molar-refractivity contribution in [1.29, 1.82) is 0 Å². The molecule has 0 bridgehead atoms. The number of hydrogen-bond acceptors (Lipinski definition) is 8. The number of aromatic nitrogens is 3. The Labute approximate surface area is 168 Å². The summed E-state index contributed by atoms with van der Waals surface area (Å²) in [5.74, 6) is -1.000. The van der Waals surface area contributed by atoms with Gasteiger partial charge in [-0.1, -0.05) is 0 Å². The van der Waals surface area contributed by atoms with Crippen LogP contribution in [0.25, 0.3) is 0 Å². The van der Waals surface area contributed by atoms with Crippen molar-refractivity contribution in [3.8, 4) is 0 Å². The van der Waals surface area contributed by atoms with E-state index in [9.17, 15) is 14.4 Å². The van der Waals surface area contributed by atoms with Crippen LogP contribution in [0.4, 0.5) is 5.82 Å². The molecule has 9 heteroatoms. The van der Waals surface area contributed by atoms with Crippen LogP contribution in [0, 0.1) is 13.8 Å². The fourth-order valence-electron chi connectivity index (χ4n) is 3.43. The maximum absolute atomic E-state index is 12.7. The molecule has 154 valence electrons. The number of nitrogens with zero attached hydrogens (tertiary/aromatic N) is 3. The highest BCUT2D eigenvalue weighted by Crippen LogP contribution is 2.21. The van der Waals surface area contributed by atoms with Gasteiger partial charge in [0.25, 0.3) is 0 Å². The van der Waals surface area contributed by atoms with Crippen molar-refractivity contribution < 1.29 is 23.9 Å². The first-order valence-electron chi connectivity index (χ1n) is 9.44. The van der Waals surface area contributed by atoms with Gasteiger partial charge in [0.2, 0.25) is 5.78 Å². The third kappa shape index (κ3) is 4.13. The van der Waals surface area contributed by atoms with Gasteiger partial charge in [-0.25, -0.2) is 9.59 Å². The number of ketones is 1. The molecule has 1 atom stereocenters. The van der Waals surface area contributed by atoms with Gasteiger partial charge in [0, 0.05) is 18.8 Å². The zero-order chi connectivity index (χ0) is 21.1. The van der Waals surface area contributed by atoms with Crippen LogP contribution >= 0.6 is 0 Å². The minimum Gasteiger partial charge on any atom is -0.465 e. The van der Waals surface area contributed by atoms with Crippen LogP contribution in [-0.2, 0) is 9.47 Å². The first-order chi connectivity index (χ1) is 13.8. The largest absolute Gasteiger partial charge is 0.465 e. The van der Waals surface area contributed by atoms with Gasteiger partial charge >= 0.3 is 11.9 Å². The molecule has 3 rings (SSSR count). The molecular weight excluding hydrogens is 376 g/mol. The van der Waals surface area contributed by atoms with Crippen LogP contribution in [0.15, 0.2) is 12.1 Å². The highest BCUT2D eigenvalue weighted by atomic mass is 16.5. The Morgan fingerprint density at radius 1 is 1.10 bits per heavy atom. The third-order valence-corrected chi connectivity index (χ3v) is 5.02. The molecule has 0 amide bonds. The fraction of sp³-hybridized carbons (Fsp3) is 0.450. The minimum absolute atomic E-state index is 0.0298. The molecule has 0 saturated carbocycles. The van der Waals surface area contributed by atoms with Crippen LogP contribution in [0.5, 0.6) is 0 Å². The molecule has 1 saturated heterocycles. The summed E-state index contributed by atoms with van der Waals surface area (Å²) in [6, 6.07) is 3.27. The quantitative estimate of drug-likeness (QED) is 0.580. The molecule has 1 aliphatic rings. The summed E-state index contributed by atoms with van der Waals surface area (Å²) in [5.41, 5.74) is 1.51. The molecule has 2 aromatic rings. The number of carbonyl (C=O) groups is 3. The van der Waals surface area contributed by atoms with Crippen molar-refractivity contribution in [3.05, 3.63) is 40.3 Å². The van der Waals surface area contributed by atoms with Crippen LogP contribution in [0.2, 0.25) is 0 Å². The maximum Gasteiger partial charge on any atom is 0.359 e. The Balaban J connectivity index is 1.69. The molecular formula is C20H24N4O5. The van der Waals surface area contributed by atoms with E-state index in [1.807, 2.05) is 0 Å². The lowest BCUT2D eigenvalue weighted by Crippen LogP contribution is -2.26. The summed E-state index contributed by atoms with van der Waals surface area (Å²) in [5, 5.41) is 8.01. The number of anilines is 1. The summed E-state index contributed by atoms with van der Waals surface area (Å²) in [6.45, 7) is 6.63. The Hall–Kier alpha value is -3.23. The predicted octanol–water partition coefficient (Wildman–Crippen LogP) is 2.24. The van der Waals surface area contributed by atoms with Gasteiger partial charge in [-0.15, -0.1) is 10.2 Å². The van der Waals surface area contributed by atoms with Crippen LogP contribution in [0.3, 0.4) is 0 Å². The summed E-state index contributed by atoms with van der Waals surface area (Å²) in [6.07, 6.45) is 1.16. The van der Waals surface area contributed by atoms with E-state index in [0.29, 0.717) is 16.8 Å². The van der Waals surface area contributed by atoms with Crippen molar-refractivity contribution in [1.82, 2.24) is 15.2 Å². The standard InChI is InChI=1S/C20H24N4O5/c1-11-16(20(27)28-4)12(2)21-17(11)18(25)13(3)29-19(26)14-7-8-15(23-22-14)24-9-5-6-10-24/h7-8,13,21H,5-6,9-10H2,1-4H3/t13-/m1/s1. The van der Waals surface area contributed by atoms with Crippen molar-refractivity contribution in [2.75, 3.05) is 25.1 Å². The second-order valence-electron chi connectivity index (χ2n) is 7.00. The van der Waals surface area contributed by atoms with Crippen molar-refractivity contribution in [2.24, 2.45) is 0 Å². The zero-order valence-electron chi connectivity index (χ0n) is 16.9. The summed E-state index contributed by atoms with van der Waals surface area (Å²) in [7, 11) is 1.27. The van der Waals surface area contributed by atoms with E-state index in [-0.39, 0.29) is 11.4 Å². The minimum atomic E-state index is -1.06. The van der Waals surface area contributed by atoms with Gasteiger partial charge in [-0.2, -0.15) is 0 Å². The van der Waals surface area contributed by atoms with Crippen LogP contribution in [0.1, 0.15) is 62.4 Å². The molecule has 1 aliphatic heterocycles. The Bertz CT molecular complexity index is 929. The number of aromatic amines is 1. The summed E-state index contributed by atoms with van der Waals surface area (Å²) in [4.78, 5) is 42.0. The number of Topliss-reactive ketones (excluding diaryl/α,β-unsaturated/α-hetero) is 1. The van der Waals surface area contributed by atoms with Gasteiger partial charge in [0.15, 0.2) is 17.6 Å². The molecule has 29 heavy (non-hydrogen) atoms. The molecule has 1 fully saturated rings. The van der Waals surface area contributed by atoms with Crippen molar-refractivity contribution >= 4 is 23.5 Å². The molecule has 0 aliphatic carbocycles. The molecule has 0 spiro atoms. The normalized spacial score (nSPS) is 14.6. The maximum atomic E-state index is 12.7. The zero-order valence-corrected chi connectivity index (χ0v) is 16.9. The second-order valence-corrected chi connectivity index (χ2v) is 7.00. The van der Waals surface area contributed by atoms with E-state index in [1.54, 1.807) is 26.0 Å². The number of esters is 2. The number of carbonyl (C=O) groups excluding carboxylic acids is 3. The Morgan fingerprint density at radius 2 is 1.79 bits per heavy atom. The number of ether oxygens (including phenoxy) is 2. The second kappa shape index (κ2) is 8.42. The van der Waals surface area contributed by atoms with Gasteiger partial charge in [-0.05, 0) is 51.3 Å². The highest BCUT2D eigenvalue weighted by molar-refractivity contribution is 6.04. The number of rotatable bonds is 6. The molecule has 3 heterocycles. The lowest BCUT2D eigenvalue weighted by Gasteiger charge is -2.15. The SMILES string of the molecule is COC(=O)c1c(C)[nH]c(C(=O)[C@@H](C)OC(=O)c2ccc(N3CCCC3)nn2)c1C. The fourth-order valence-corrected chi connectivity index (χ4v) is 3.43.